The van der Waals surface area contributed by atoms with Crippen LogP contribution in [-0.2, 0) is 17.6 Å². The van der Waals surface area contributed by atoms with Gasteiger partial charge in [0.05, 0.1) is 18.4 Å². The van der Waals surface area contributed by atoms with Crippen LogP contribution in [0.25, 0.3) is 11.5 Å². The van der Waals surface area contributed by atoms with E-state index >= 15 is 0 Å². The highest BCUT2D eigenvalue weighted by Crippen LogP contribution is 2.25. The number of aliphatic carboxylic acids is 1. The van der Waals surface area contributed by atoms with Crippen LogP contribution >= 0.6 is 0 Å². The first-order valence-corrected chi connectivity index (χ1v) is 14.5. The standard InChI is InChI=1S/C35H38N2O6/c1-5-28(22-33(38)26-9-7-6-8-10-26)36-32(35(39)40)21-25-11-15-29(16-12-25)41-20-19-31-24(4)43-34(37-31)27-13-17-30(18-14-27)42-23(2)3/h6-18,22-23,32,36H,5,19-21H2,1-4H3,(H,39,40)/t32-/m0/s1. The predicted molar refractivity (Wildman–Crippen MR) is 165 cm³/mol. The van der Waals surface area contributed by atoms with Crippen molar-refractivity contribution in [3.63, 3.8) is 0 Å². The Morgan fingerprint density at radius 3 is 2.28 bits per heavy atom. The Bertz CT molecular complexity index is 1520. The molecule has 0 saturated heterocycles. The summed E-state index contributed by atoms with van der Waals surface area (Å²) in [5.74, 6) is 1.62. The molecule has 3 aromatic carbocycles. The number of carbonyl (C=O) groups is 2. The first-order chi connectivity index (χ1) is 20.7. The zero-order valence-corrected chi connectivity index (χ0v) is 25.0. The van der Waals surface area contributed by atoms with Crippen molar-refractivity contribution >= 4 is 11.8 Å². The number of oxazole rings is 1. The number of aryl methyl sites for hydroxylation is 1. The molecule has 2 N–H and O–H groups in total. The van der Waals surface area contributed by atoms with E-state index in [1.165, 1.54) is 6.08 Å². The van der Waals surface area contributed by atoms with Gasteiger partial charge in [0, 0.05) is 35.7 Å². The van der Waals surface area contributed by atoms with Crippen LogP contribution < -0.4 is 14.8 Å². The minimum Gasteiger partial charge on any atom is -0.493 e. The van der Waals surface area contributed by atoms with Gasteiger partial charge in [-0.3, -0.25) is 4.79 Å². The van der Waals surface area contributed by atoms with Gasteiger partial charge in [0.25, 0.3) is 0 Å². The normalized spacial score (nSPS) is 12.2. The smallest absolute Gasteiger partial charge is 0.326 e. The lowest BCUT2D eigenvalue weighted by atomic mass is 10.0. The lowest BCUT2D eigenvalue weighted by Crippen LogP contribution is -2.38. The van der Waals surface area contributed by atoms with E-state index < -0.39 is 12.0 Å². The molecule has 8 nitrogen and oxygen atoms in total. The second-order valence-electron chi connectivity index (χ2n) is 10.4. The average Bonchev–Trinajstić information content (AvgIpc) is 3.37. The Morgan fingerprint density at radius 2 is 1.65 bits per heavy atom. The van der Waals surface area contributed by atoms with Crippen LogP contribution in [0.15, 0.2) is 95.1 Å². The topological polar surface area (TPSA) is 111 Å². The van der Waals surface area contributed by atoms with Crippen molar-refractivity contribution in [2.45, 2.75) is 59.1 Å². The summed E-state index contributed by atoms with van der Waals surface area (Å²) in [4.78, 5) is 29.2. The van der Waals surface area contributed by atoms with Gasteiger partial charge in [-0.05, 0) is 69.2 Å². The number of hydrogen-bond acceptors (Lipinski definition) is 7. The van der Waals surface area contributed by atoms with Crippen LogP contribution in [0.4, 0.5) is 0 Å². The van der Waals surface area contributed by atoms with Crippen LogP contribution in [0.2, 0.25) is 0 Å². The van der Waals surface area contributed by atoms with Gasteiger partial charge < -0.3 is 24.3 Å². The molecule has 4 aromatic rings. The summed E-state index contributed by atoms with van der Waals surface area (Å²) >= 11 is 0. The Labute approximate surface area is 252 Å². The molecule has 4 rings (SSSR count). The van der Waals surface area contributed by atoms with Gasteiger partial charge >= 0.3 is 5.97 Å². The van der Waals surface area contributed by atoms with Crippen LogP contribution in [0.3, 0.4) is 0 Å². The highest BCUT2D eigenvalue weighted by Gasteiger charge is 2.19. The van der Waals surface area contributed by atoms with Gasteiger partial charge in [-0.2, -0.15) is 0 Å². The largest absolute Gasteiger partial charge is 0.493 e. The first-order valence-electron chi connectivity index (χ1n) is 14.5. The van der Waals surface area contributed by atoms with Gasteiger partial charge in [-0.15, -0.1) is 0 Å². The third-order valence-corrected chi connectivity index (χ3v) is 6.74. The maximum absolute atomic E-state index is 12.6. The molecule has 0 aliphatic carbocycles. The number of hydrogen-bond donors (Lipinski definition) is 2. The van der Waals surface area contributed by atoms with Gasteiger partial charge in [-0.1, -0.05) is 49.4 Å². The van der Waals surface area contributed by atoms with Crippen molar-refractivity contribution < 1.29 is 28.6 Å². The number of aromatic nitrogens is 1. The molecular weight excluding hydrogens is 544 g/mol. The fourth-order valence-electron chi connectivity index (χ4n) is 4.47. The lowest BCUT2D eigenvalue weighted by Gasteiger charge is -2.18. The number of ether oxygens (including phenoxy) is 2. The minimum absolute atomic E-state index is 0.108. The second-order valence-corrected chi connectivity index (χ2v) is 10.4. The van der Waals surface area contributed by atoms with Crippen LogP contribution in [-0.4, -0.2) is 40.6 Å². The number of rotatable bonds is 15. The summed E-state index contributed by atoms with van der Waals surface area (Å²) < 4.78 is 17.5. The van der Waals surface area contributed by atoms with Crippen molar-refractivity contribution in [2.75, 3.05) is 6.61 Å². The summed E-state index contributed by atoms with van der Waals surface area (Å²) in [6.45, 7) is 8.15. The van der Waals surface area contributed by atoms with E-state index in [4.69, 9.17) is 13.9 Å². The van der Waals surface area contributed by atoms with E-state index in [0.717, 1.165) is 28.3 Å². The summed E-state index contributed by atoms with van der Waals surface area (Å²) in [6.07, 6.45) is 2.90. The first kappa shape index (κ1) is 31.1. The lowest BCUT2D eigenvalue weighted by molar-refractivity contribution is -0.139. The van der Waals surface area contributed by atoms with Gasteiger partial charge in [0.1, 0.15) is 23.3 Å². The van der Waals surface area contributed by atoms with Crippen molar-refractivity contribution in [3.8, 4) is 23.0 Å². The summed E-state index contributed by atoms with van der Waals surface area (Å²) in [5, 5.41) is 12.9. The highest BCUT2D eigenvalue weighted by atomic mass is 16.5. The predicted octanol–water partition coefficient (Wildman–Crippen LogP) is 6.82. The van der Waals surface area contributed by atoms with Crippen LogP contribution in [0.1, 0.15) is 54.6 Å². The number of nitrogens with zero attached hydrogens (tertiary/aromatic N) is 1. The number of carbonyl (C=O) groups excluding carboxylic acids is 1. The SMILES string of the molecule is CCC(=CC(=O)c1ccccc1)N[C@@H](Cc1ccc(OCCc2nc(-c3ccc(OC(C)C)cc3)oc2C)cc1)C(=O)O. The number of allylic oxidation sites excluding steroid dienone is 2. The van der Waals surface area contributed by atoms with Crippen LogP contribution in [0, 0.1) is 6.92 Å². The van der Waals surface area contributed by atoms with E-state index in [9.17, 15) is 14.7 Å². The Kier molecular flexibility index (Phi) is 10.7. The van der Waals surface area contributed by atoms with E-state index in [1.54, 1.807) is 24.3 Å². The molecule has 8 heteroatoms. The molecule has 1 atom stereocenters. The molecule has 1 aromatic heterocycles. The molecule has 0 spiro atoms. The van der Waals surface area contributed by atoms with Crippen LogP contribution in [0.5, 0.6) is 11.5 Å². The summed E-state index contributed by atoms with van der Waals surface area (Å²) in [7, 11) is 0. The molecule has 224 valence electrons. The number of benzene rings is 3. The fraction of sp³-hybridized carbons (Fsp3) is 0.286. The van der Waals surface area contributed by atoms with Crippen molar-refractivity contribution in [1.29, 1.82) is 0 Å². The van der Waals surface area contributed by atoms with Gasteiger partial charge in [0.2, 0.25) is 5.89 Å². The number of carboxylic acids is 1. The molecule has 0 amide bonds. The molecule has 1 heterocycles. The number of nitrogens with one attached hydrogen (secondary N) is 1. The molecule has 0 unspecified atom stereocenters. The zero-order chi connectivity index (χ0) is 30.8. The van der Waals surface area contributed by atoms with Gasteiger partial charge in [0.15, 0.2) is 5.78 Å². The maximum atomic E-state index is 12.6. The molecular formula is C35H38N2O6. The van der Waals surface area contributed by atoms with E-state index in [2.05, 4.69) is 10.3 Å². The van der Waals surface area contributed by atoms with E-state index in [0.29, 0.717) is 42.3 Å². The summed E-state index contributed by atoms with van der Waals surface area (Å²) in [5.41, 5.74) is 3.67. The Balaban J connectivity index is 1.30. The second kappa shape index (κ2) is 14.9. The Morgan fingerprint density at radius 1 is 0.977 bits per heavy atom. The number of carboxylic acid groups (broad SMARTS) is 1. The quantitative estimate of drug-likeness (QED) is 0.116. The molecule has 0 saturated carbocycles. The summed E-state index contributed by atoms with van der Waals surface area (Å²) in [6, 6.07) is 23.0. The Hall–Kier alpha value is -4.85. The van der Waals surface area contributed by atoms with Gasteiger partial charge in [-0.25, -0.2) is 9.78 Å². The highest BCUT2D eigenvalue weighted by molar-refractivity contribution is 6.04. The third-order valence-electron chi connectivity index (χ3n) is 6.74. The number of ketones is 1. The van der Waals surface area contributed by atoms with Crippen molar-refractivity contribution in [1.82, 2.24) is 10.3 Å². The van der Waals surface area contributed by atoms with Crippen molar-refractivity contribution in [3.05, 3.63) is 113 Å². The molecule has 0 bridgehead atoms. The molecule has 0 radical (unpaired) electrons. The van der Waals surface area contributed by atoms with E-state index in [1.807, 2.05) is 82.3 Å². The monoisotopic (exact) mass is 582 g/mol. The molecule has 0 aliphatic heterocycles. The molecule has 0 fully saturated rings. The maximum Gasteiger partial charge on any atom is 0.326 e. The molecule has 43 heavy (non-hydrogen) atoms. The molecule has 0 aliphatic rings. The average molecular weight is 583 g/mol. The minimum atomic E-state index is -0.992. The van der Waals surface area contributed by atoms with E-state index in [-0.39, 0.29) is 18.3 Å². The van der Waals surface area contributed by atoms with Crippen molar-refractivity contribution in [2.24, 2.45) is 0 Å². The zero-order valence-electron chi connectivity index (χ0n) is 25.0. The fourth-order valence-corrected chi connectivity index (χ4v) is 4.47. The third kappa shape index (κ3) is 9.07.